The lowest BCUT2D eigenvalue weighted by molar-refractivity contribution is 0.0989. The first-order valence-corrected chi connectivity index (χ1v) is 12.0. The molecule has 0 aliphatic heterocycles. The highest BCUT2D eigenvalue weighted by Crippen LogP contribution is 2.26. The monoisotopic (exact) mass is 494 g/mol. The topological polar surface area (TPSA) is 92.6 Å². The third kappa shape index (κ3) is 4.73. The number of fused-ring (bicyclic) bond motifs is 1. The van der Waals surface area contributed by atoms with Gasteiger partial charge in [0.25, 0.3) is 17.4 Å². The molecule has 0 aliphatic rings. The van der Waals surface area contributed by atoms with E-state index in [-0.39, 0.29) is 10.6 Å². The molecule has 0 saturated carbocycles. The molecule has 2 aromatic carbocycles. The average Bonchev–Trinajstić information content (AvgIpc) is 3.18. The summed E-state index contributed by atoms with van der Waals surface area (Å²) in [5, 5.41) is 6.22. The summed E-state index contributed by atoms with van der Waals surface area (Å²) in [7, 11) is 0. The van der Waals surface area contributed by atoms with Crippen molar-refractivity contribution in [3.63, 3.8) is 0 Å². The third-order valence-electron chi connectivity index (χ3n) is 5.33. The molecule has 2 heterocycles. The van der Waals surface area contributed by atoms with Crippen LogP contribution in [0.25, 0.3) is 4.96 Å². The molecule has 2 N–H and O–H groups in total. The van der Waals surface area contributed by atoms with E-state index in [1.54, 1.807) is 30.3 Å². The zero-order chi connectivity index (χ0) is 24.4. The maximum atomic E-state index is 13.4. The van der Waals surface area contributed by atoms with Gasteiger partial charge in [0, 0.05) is 28.2 Å². The number of rotatable bonds is 6. The largest absolute Gasteiger partial charge is 0.321 e. The van der Waals surface area contributed by atoms with E-state index in [4.69, 9.17) is 11.6 Å². The Hall–Kier alpha value is -3.49. The lowest BCUT2D eigenvalue weighted by Crippen LogP contribution is -2.25. The molecule has 0 bridgehead atoms. The normalized spacial score (nSPS) is 10.9. The summed E-state index contributed by atoms with van der Waals surface area (Å²) in [5.41, 5.74) is 2.95. The first-order valence-electron chi connectivity index (χ1n) is 10.8. The number of carbonyl (C=O) groups excluding carboxylic acids is 2. The molecule has 0 unspecified atom stereocenters. The van der Waals surface area contributed by atoms with E-state index in [0.29, 0.717) is 33.5 Å². The van der Waals surface area contributed by atoms with E-state index in [1.807, 2.05) is 32.9 Å². The lowest BCUT2D eigenvalue weighted by atomic mass is 10.2. The fourth-order valence-corrected chi connectivity index (χ4v) is 4.87. The third-order valence-corrected chi connectivity index (χ3v) is 6.60. The van der Waals surface area contributed by atoms with Crippen LogP contribution in [0.15, 0.2) is 53.3 Å². The van der Waals surface area contributed by atoms with Crippen LogP contribution >= 0.6 is 22.9 Å². The van der Waals surface area contributed by atoms with Crippen molar-refractivity contribution in [1.29, 1.82) is 0 Å². The van der Waals surface area contributed by atoms with Gasteiger partial charge in [-0.15, -0.1) is 0 Å². The maximum absolute atomic E-state index is 13.4. The summed E-state index contributed by atoms with van der Waals surface area (Å²) in [6.45, 7) is 5.68. The van der Waals surface area contributed by atoms with E-state index in [0.717, 1.165) is 28.9 Å². The Morgan fingerprint density at radius 2 is 1.71 bits per heavy atom. The van der Waals surface area contributed by atoms with E-state index >= 15 is 0 Å². The summed E-state index contributed by atoms with van der Waals surface area (Å²) >= 11 is 7.04. The Morgan fingerprint density at radius 1 is 1.00 bits per heavy atom. The van der Waals surface area contributed by atoms with Gasteiger partial charge in [-0.2, -0.15) is 0 Å². The second-order valence-electron chi connectivity index (χ2n) is 7.92. The van der Waals surface area contributed by atoms with E-state index in [1.165, 1.54) is 10.5 Å². The Balaban J connectivity index is 1.83. The molecular weight excluding hydrogens is 472 g/mol. The summed E-state index contributed by atoms with van der Waals surface area (Å²) in [6.07, 6.45) is 1.44. The summed E-state index contributed by atoms with van der Waals surface area (Å²) in [5.74, 6) is -1.07. The Kier molecular flexibility index (Phi) is 6.81. The number of hydrogen-bond acceptors (Lipinski definition) is 5. The van der Waals surface area contributed by atoms with Crippen molar-refractivity contribution in [2.45, 2.75) is 33.6 Å². The predicted molar refractivity (Wildman–Crippen MR) is 137 cm³/mol. The van der Waals surface area contributed by atoms with Gasteiger partial charge < -0.3 is 10.6 Å². The minimum atomic E-state index is -0.564. The number of carbonyl (C=O) groups is 2. The van der Waals surface area contributed by atoms with Crippen molar-refractivity contribution in [2.24, 2.45) is 0 Å². The summed E-state index contributed by atoms with van der Waals surface area (Å²) < 4.78 is 1.21. The van der Waals surface area contributed by atoms with Crippen molar-refractivity contribution in [1.82, 2.24) is 9.38 Å². The molecular formula is C25H23ClN4O3S. The molecule has 0 spiro atoms. The minimum Gasteiger partial charge on any atom is -0.321 e. The van der Waals surface area contributed by atoms with Crippen LogP contribution in [0.1, 0.15) is 50.3 Å². The molecule has 0 fully saturated rings. The minimum absolute atomic E-state index is 0.0482. The zero-order valence-corrected chi connectivity index (χ0v) is 20.5. The van der Waals surface area contributed by atoms with Gasteiger partial charge in [-0.3, -0.25) is 14.4 Å². The van der Waals surface area contributed by atoms with Crippen molar-refractivity contribution in [2.75, 3.05) is 10.6 Å². The number of nitrogens with one attached hydrogen (secondary N) is 2. The summed E-state index contributed by atoms with van der Waals surface area (Å²) in [6, 6.07) is 13.8. The number of aromatic nitrogens is 2. The Bertz CT molecular complexity index is 1480. The lowest BCUT2D eigenvalue weighted by Gasteiger charge is -2.11. The predicted octanol–water partition coefficient (Wildman–Crippen LogP) is 5.48. The van der Waals surface area contributed by atoms with Gasteiger partial charge in [0.05, 0.1) is 0 Å². The molecule has 2 aromatic heterocycles. The van der Waals surface area contributed by atoms with Crippen LogP contribution in [-0.4, -0.2) is 21.2 Å². The van der Waals surface area contributed by atoms with E-state index in [2.05, 4.69) is 15.6 Å². The molecule has 0 aliphatic carbocycles. The first-order chi connectivity index (χ1) is 16.3. The highest BCUT2D eigenvalue weighted by atomic mass is 35.5. The highest BCUT2D eigenvalue weighted by molar-refractivity contribution is 7.19. The molecule has 0 radical (unpaired) electrons. The van der Waals surface area contributed by atoms with E-state index < -0.39 is 17.4 Å². The number of benzene rings is 2. The maximum Gasteiger partial charge on any atom is 0.274 e. The molecule has 7 nitrogen and oxygen atoms in total. The van der Waals surface area contributed by atoms with Crippen LogP contribution in [0.3, 0.4) is 0 Å². The van der Waals surface area contributed by atoms with Crippen LogP contribution in [0, 0.1) is 13.8 Å². The van der Waals surface area contributed by atoms with E-state index in [9.17, 15) is 14.4 Å². The fraction of sp³-hybridized carbons (Fsp3) is 0.200. The van der Waals surface area contributed by atoms with Gasteiger partial charge >= 0.3 is 0 Å². The van der Waals surface area contributed by atoms with Crippen molar-refractivity contribution < 1.29 is 9.59 Å². The number of para-hydroxylation sites is 1. The number of hydrogen-bond donors (Lipinski definition) is 2. The van der Waals surface area contributed by atoms with Crippen LogP contribution in [-0.2, 0) is 6.42 Å². The van der Waals surface area contributed by atoms with Gasteiger partial charge in [0.2, 0.25) is 0 Å². The number of halogens is 1. The molecule has 174 valence electrons. The van der Waals surface area contributed by atoms with Gasteiger partial charge in [-0.1, -0.05) is 54.5 Å². The Labute approximate surface area is 205 Å². The van der Waals surface area contributed by atoms with Gasteiger partial charge in [-0.25, -0.2) is 9.38 Å². The Morgan fingerprint density at radius 3 is 2.41 bits per heavy atom. The first kappa shape index (κ1) is 23.7. The molecule has 4 rings (SSSR count). The quantitative estimate of drug-likeness (QED) is 0.371. The number of amides is 2. The molecule has 9 heteroatoms. The number of nitrogens with zero attached hydrogens (tertiary/aromatic N) is 2. The van der Waals surface area contributed by atoms with Crippen LogP contribution < -0.4 is 16.2 Å². The van der Waals surface area contributed by atoms with Crippen molar-refractivity contribution >= 4 is 51.1 Å². The number of anilines is 2. The van der Waals surface area contributed by atoms with Gasteiger partial charge in [0.1, 0.15) is 10.6 Å². The molecule has 0 atom stereocenters. The van der Waals surface area contributed by atoms with Gasteiger partial charge in [0.15, 0.2) is 4.96 Å². The SMILES string of the molecule is CCCc1cc(=O)n2c(C(=O)Nc3ccccc3C)c(C(=O)Nc3ccc(Cl)cc3C)sc2n1. The molecule has 34 heavy (non-hydrogen) atoms. The molecule has 4 aromatic rings. The summed E-state index contributed by atoms with van der Waals surface area (Å²) in [4.78, 5) is 44.7. The smallest absolute Gasteiger partial charge is 0.274 e. The zero-order valence-electron chi connectivity index (χ0n) is 18.9. The van der Waals surface area contributed by atoms with Crippen LogP contribution in [0.5, 0.6) is 0 Å². The highest BCUT2D eigenvalue weighted by Gasteiger charge is 2.27. The van der Waals surface area contributed by atoms with Gasteiger partial charge in [-0.05, 0) is 55.7 Å². The van der Waals surface area contributed by atoms with Crippen LogP contribution in [0.4, 0.5) is 11.4 Å². The van der Waals surface area contributed by atoms with Crippen LogP contribution in [0.2, 0.25) is 5.02 Å². The average molecular weight is 495 g/mol. The molecule has 2 amide bonds. The second-order valence-corrected chi connectivity index (χ2v) is 9.33. The molecule has 0 saturated heterocycles. The number of thiazole rings is 1. The standard InChI is InChI=1S/C25H23ClN4O3S/c1-4-7-17-13-20(31)30-21(23(32)28-18-9-6-5-8-14(18)2)22(34-25(30)27-17)24(33)29-19-11-10-16(26)12-15(19)3/h5-6,8-13H,4,7H2,1-3H3,(H,28,32)(H,29,33). The second kappa shape index (κ2) is 9.79. The van der Waals surface area contributed by atoms with Crippen molar-refractivity contribution in [3.05, 3.63) is 91.3 Å². The number of aryl methyl sites for hydroxylation is 3. The van der Waals surface area contributed by atoms with Crippen molar-refractivity contribution in [3.8, 4) is 0 Å². The fourth-order valence-electron chi connectivity index (χ4n) is 3.61.